The van der Waals surface area contributed by atoms with Gasteiger partial charge in [-0.2, -0.15) is 5.10 Å². The zero-order chi connectivity index (χ0) is 13.3. The van der Waals surface area contributed by atoms with Gasteiger partial charge in [0, 0.05) is 18.2 Å². The van der Waals surface area contributed by atoms with E-state index < -0.39 is 29.0 Å². The summed E-state index contributed by atoms with van der Waals surface area (Å²) in [5.41, 5.74) is 4.77. The van der Waals surface area contributed by atoms with Crippen molar-refractivity contribution in [1.82, 2.24) is 10.2 Å². The summed E-state index contributed by atoms with van der Waals surface area (Å²) >= 11 is 0. The first-order valence-electron chi connectivity index (χ1n) is 4.74. The molecule has 4 N–H and O–H groups in total. The number of nitrogens with one attached hydrogen (secondary N) is 2. The van der Waals surface area contributed by atoms with E-state index in [9.17, 15) is 18.0 Å². The van der Waals surface area contributed by atoms with Gasteiger partial charge >= 0.3 is 0 Å². The molecule has 1 aromatic heterocycles. The number of hydrogen-bond donors (Lipinski definition) is 3. The molecule has 0 aliphatic rings. The van der Waals surface area contributed by atoms with Gasteiger partial charge in [0.1, 0.15) is 17.3 Å². The third-order valence-electron chi connectivity index (χ3n) is 2.10. The number of halogens is 3. The summed E-state index contributed by atoms with van der Waals surface area (Å²) in [5, 5.41) is 7.85. The summed E-state index contributed by atoms with van der Waals surface area (Å²) in [4.78, 5) is 11.6. The molecule has 0 atom stereocenters. The van der Waals surface area contributed by atoms with E-state index in [2.05, 4.69) is 15.5 Å². The molecule has 1 heterocycles. The summed E-state index contributed by atoms with van der Waals surface area (Å²) in [5.74, 6) is -4.39. The predicted octanol–water partition coefficient (Wildman–Crippen LogP) is 1.66. The van der Waals surface area contributed by atoms with Gasteiger partial charge in [0.2, 0.25) is 0 Å². The Kier molecular flexibility index (Phi) is 2.92. The number of nitrogens with zero attached hydrogens (tertiary/aromatic N) is 1. The molecule has 0 spiro atoms. The highest BCUT2D eigenvalue weighted by molar-refractivity contribution is 6.03. The number of carbonyl (C=O) groups is 1. The average Bonchev–Trinajstić information content (AvgIpc) is 2.73. The number of benzene rings is 1. The van der Waals surface area contributed by atoms with Crippen LogP contribution in [0.4, 0.5) is 24.7 Å². The lowest BCUT2D eigenvalue weighted by Crippen LogP contribution is -2.14. The topological polar surface area (TPSA) is 83.8 Å². The Morgan fingerprint density at radius 1 is 1.17 bits per heavy atom. The van der Waals surface area contributed by atoms with E-state index in [4.69, 9.17) is 5.73 Å². The lowest BCUT2D eigenvalue weighted by Gasteiger charge is -2.05. The molecule has 2 rings (SSSR count). The summed E-state index contributed by atoms with van der Waals surface area (Å²) in [6, 6.07) is 2.10. The Labute approximate surface area is 98.8 Å². The monoisotopic (exact) mass is 256 g/mol. The summed E-state index contributed by atoms with van der Waals surface area (Å²) < 4.78 is 38.8. The van der Waals surface area contributed by atoms with Gasteiger partial charge < -0.3 is 11.1 Å². The highest BCUT2D eigenvalue weighted by Gasteiger charge is 2.14. The van der Waals surface area contributed by atoms with Crippen LogP contribution in [0, 0.1) is 17.5 Å². The molecule has 1 aromatic carbocycles. The minimum absolute atomic E-state index is 0.0309. The number of amides is 1. The Bertz CT molecular complexity index is 611. The van der Waals surface area contributed by atoms with E-state index >= 15 is 0 Å². The number of carbonyl (C=O) groups excluding carboxylic acids is 1. The van der Waals surface area contributed by atoms with Gasteiger partial charge in [-0.15, -0.1) is 0 Å². The summed E-state index contributed by atoms with van der Waals surface area (Å²) in [7, 11) is 0. The van der Waals surface area contributed by atoms with Gasteiger partial charge in [-0.1, -0.05) is 0 Å². The molecule has 94 valence electrons. The molecule has 5 nitrogen and oxygen atoms in total. The molecule has 0 fully saturated rings. The standard InChI is InChI=1S/C10H7F3N4O/c11-4-1-6(13)7(2-5(4)12)15-10(18)8-3-9(14)17-16-8/h1-3H,(H,15,18)(H3,14,16,17). The number of nitrogen functional groups attached to an aromatic ring is 1. The van der Waals surface area contributed by atoms with Crippen LogP contribution in [0.2, 0.25) is 0 Å². The van der Waals surface area contributed by atoms with Crippen LogP contribution in [-0.2, 0) is 0 Å². The average molecular weight is 256 g/mol. The maximum Gasteiger partial charge on any atom is 0.273 e. The SMILES string of the molecule is Nc1cc(C(=O)Nc2cc(F)c(F)cc2F)[nH]n1. The number of H-pyrrole nitrogens is 1. The van der Waals surface area contributed by atoms with Crippen LogP contribution in [0.5, 0.6) is 0 Å². The minimum Gasteiger partial charge on any atom is -0.382 e. The zero-order valence-electron chi connectivity index (χ0n) is 8.80. The van der Waals surface area contributed by atoms with Crippen molar-refractivity contribution in [2.75, 3.05) is 11.1 Å². The number of anilines is 2. The molecule has 1 amide bonds. The van der Waals surface area contributed by atoms with Crippen molar-refractivity contribution in [3.05, 3.63) is 41.3 Å². The zero-order valence-corrected chi connectivity index (χ0v) is 8.80. The normalized spacial score (nSPS) is 10.4. The Balaban J connectivity index is 2.24. The van der Waals surface area contributed by atoms with Crippen molar-refractivity contribution in [1.29, 1.82) is 0 Å². The van der Waals surface area contributed by atoms with E-state index in [1.165, 1.54) is 6.07 Å². The van der Waals surface area contributed by atoms with Crippen LogP contribution in [0.25, 0.3) is 0 Å². The third-order valence-corrected chi connectivity index (χ3v) is 2.10. The molecule has 0 bridgehead atoms. The minimum atomic E-state index is -1.34. The van der Waals surface area contributed by atoms with Crippen molar-refractivity contribution in [2.45, 2.75) is 0 Å². The molecule has 0 radical (unpaired) electrons. The molecular weight excluding hydrogens is 249 g/mol. The van der Waals surface area contributed by atoms with Crippen LogP contribution < -0.4 is 11.1 Å². The van der Waals surface area contributed by atoms with Gasteiger partial charge in [0.15, 0.2) is 11.6 Å². The summed E-state index contributed by atoms with van der Waals surface area (Å²) in [6.07, 6.45) is 0. The van der Waals surface area contributed by atoms with Gasteiger partial charge in [0.25, 0.3) is 5.91 Å². The fourth-order valence-corrected chi connectivity index (χ4v) is 1.26. The second kappa shape index (κ2) is 4.40. The smallest absolute Gasteiger partial charge is 0.273 e. The Morgan fingerprint density at radius 2 is 1.83 bits per heavy atom. The van der Waals surface area contributed by atoms with Crippen LogP contribution in [0.3, 0.4) is 0 Å². The Morgan fingerprint density at radius 3 is 2.44 bits per heavy atom. The Hall–Kier alpha value is -2.51. The van der Waals surface area contributed by atoms with Crippen molar-refractivity contribution in [3.63, 3.8) is 0 Å². The molecule has 0 unspecified atom stereocenters. The first kappa shape index (κ1) is 12.0. The molecule has 0 aliphatic carbocycles. The largest absolute Gasteiger partial charge is 0.382 e. The molecular formula is C10H7F3N4O. The molecule has 2 aromatic rings. The van der Waals surface area contributed by atoms with Gasteiger partial charge in [-0.05, 0) is 0 Å². The lowest BCUT2D eigenvalue weighted by molar-refractivity contribution is 0.102. The van der Waals surface area contributed by atoms with Crippen molar-refractivity contribution >= 4 is 17.4 Å². The van der Waals surface area contributed by atoms with Crippen LogP contribution in [0.1, 0.15) is 10.5 Å². The van der Waals surface area contributed by atoms with Crippen molar-refractivity contribution in [2.24, 2.45) is 0 Å². The van der Waals surface area contributed by atoms with Crippen molar-refractivity contribution in [3.8, 4) is 0 Å². The summed E-state index contributed by atoms with van der Waals surface area (Å²) in [6.45, 7) is 0. The van der Waals surface area contributed by atoms with E-state index in [0.29, 0.717) is 12.1 Å². The number of aromatic amines is 1. The van der Waals surface area contributed by atoms with E-state index in [1.54, 1.807) is 0 Å². The third kappa shape index (κ3) is 2.26. The molecule has 0 aliphatic heterocycles. The predicted molar refractivity (Wildman–Crippen MR) is 57.3 cm³/mol. The number of nitrogens with two attached hydrogens (primary N) is 1. The van der Waals surface area contributed by atoms with Crippen LogP contribution >= 0.6 is 0 Å². The van der Waals surface area contributed by atoms with Gasteiger partial charge in [-0.3, -0.25) is 9.89 Å². The lowest BCUT2D eigenvalue weighted by atomic mass is 10.2. The maximum absolute atomic E-state index is 13.2. The van der Waals surface area contributed by atoms with E-state index in [-0.39, 0.29) is 11.5 Å². The number of aromatic nitrogens is 2. The quantitative estimate of drug-likeness (QED) is 0.714. The maximum atomic E-state index is 13.2. The molecule has 18 heavy (non-hydrogen) atoms. The van der Waals surface area contributed by atoms with E-state index in [1.807, 2.05) is 0 Å². The first-order valence-corrected chi connectivity index (χ1v) is 4.74. The first-order chi connectivity index (χ1) is 8.47. The number of hydrogen-bond acceptors (Lipinski definition) is 3. The second-order valence-electron chi connectivity index (χ2n) is 3.41. The molecule has 0 saturated carbocycles. The van der Waals surface area contributed by atoms with Crippen LogP contribution in [-0.4, -0.2) is 16.1 Å². The second-order valence-corrected chi connectivity index (χ2v) is 3.41. The fraction of sp³-hybridized carbons (Fsp3) is 0. The van der Waals surface area contributed by atoms with Gasteiger partial charge in [-0.25, -0.2) is 13.2 Å². The van der Waals surface area contributed by atoms with Gasteiger partial charge in [0.05, 0.1) is 5.69 Å². The number of rotatable bonds is 2. The molecule has 8 heteroatoms. The fourth-order valence-electron chi connectivity index (χ4n) is 1.26. The highest BCUT2D eigenvalue weighted by Crippen LogP contribution is 2.19. The highest BCUT2D eigenvalue weighted by atomic mass is 19.2. The van der Waals surface area contributed by atoms with E-state index in [0.717, 1.165) is 0 Å². The van der Waals surface area contributed by atoms with Crippen molar-refractivity contribution < 1.29 is 18.0 Å². The molecule has 0 saturated heterocycles. The van der Waals surface area contributed by atoms with Crippen LogP contribution in [0.15, 0.2) is 18.2 Å².